The minimum atomic E-state index is -0.588. The number of hydrogen-bond donors (Lipinski definition) is 0. The lowest BCUT2D eigenvalue weighted by atomic mass is 10.0. The number of rotatable bonds is 14. The number of hydrogen-bond acceptors (Lipinski definition) is 3. The van der Waals surface area contributed by atoms with Crippen LogP contribution < -0.4 is 4.74 Å². The van der Waals surface area contributed by atoms with Crippen LogP contribution in [0.5, 0.6) is 5.75 Å². The van der Waals surface area contributed by atoms with Crippen molar-refractivity contribution in [3.63, 3.8) is 0 Å². The van der Waals surface area contributed by atoms with Crippen LogP contribution in [0, 0.1) is 0 Å². The first-order valence-corrected chi connectivity index (χ1v) is 11.3. The Hall–Kier alpha value is -2.29. The van der Waals surface area contributed by atoms with Gasteiger partial charge in [0, 0.05) is 0 Å². The average Bonchev–Trinajstić information content (AvgIpc) is 2.75. The summed E-state index contributed by atoms with van der Waals surface area (Å²) in [5, 5.41) is 0. The van der Waals surface area contributed by atoms with Crippen molar-refractivity contribution >= 4 is 6.16 Å². The van der Waals surface area contributed by atoms with Crippen LogP contribution in [0.15, 0.2) is 54.6 Å². The second-order valence-corrected chi connectivity index (χ2v) is 7.62. The SMILES string of the molecule is CCCCc1ccccc1OC(=O)OCCCCCCCCCc1ccccc1. The van der Waals surface area contributed by atoms with Crippen molar-refractivity contribution in [2.24, 2.45) is 0 Å². The van der Waals surface area contributed by atoms with E-state index in [1.807, 2.05) is 24.3 Å². The predicted octanol–water partition coefficient (Wildman–Crippen LogP) is 7.52. The highest BCUT2D eigenvalue weighted by Crippen LogP contribution is 2.20. The number of carbonyl (C=O) groups excluding carboxylic acids is 1. The first-order chi connectivity index (χ1) is 14.3. The average molecular weight is 397 g/mol. The molecule has 0 bridgehead atoms. The molecule has 0 saturated carbocycles. The maximum atomic E-state index is 11.9. The van der Waals surface area contributed by atoms with Crippen molar-refractivity contribution in [1.82, 2.24) is 0 Å². The van der Waals surface area contributed by atoms with E-state index in [-0.39, 0.29) is 0 Å². The van der Waals surface area contributed by atoms with Crippen LogP contribution in [0.4, 0.5) is 4.79 Å². The summed E-state index contributed by atoms with van der Waals surface area (Å²) in [5.74, 6) is 0.626. The van der Waals surface area contributed by atoms with Crippen LogP contribution in [0.3, 0.4) is 0 Å². The molecule has 0 amide bonds. The van der Waals surface area contributed by atoms with Gasteiger partial charge in [-0.25, -0.2) is 4.79 Å². The van der Waals surface area contributed by atoms with Gasteiger partial charge in [-0.1, -0.05) is 94.0 Å². The predicted molar refractivity (Wildman–Crippen MR) is 119 cm³/mol. The number of carbonyl (C=O) groups is 1. The second kappa shape index (κ2) is 14.7. The van der Waals surface area contributed by atoms with Crippen LogP contribution >= 0.6 is 0 Å². The molecule has 3 nitrogen and oxygen atoms in total. The van der Waals surface area contributed by atoms with Gasteiger partial charge in [-0.3, -0.25) is 0 Å². The number of aryl methyl sites for hydroxylation is 2. The molecule has 0 fully saturated rings. The molecule has 0 spiro atoms. The van der Waals surface area contributed by atoms with Crippen LogP contribution in [0.1, 0.15) is 75.8 Å². The van der Waals surface area contributed by atoms with Crippen LogP contribution in [-0.4, -0.2) is 12.8 Å². The molecule has 2 rings (SSSR count). The lowest BCUT2D eigenvalue weighted by molar-refractivity contribution is 0.0969. The van der Waals surface area contributed by atoms with Gasteiger partial charge in [0.05, 0.1) is 6.61 Å². The van der Waals surface area contributed by atoms with E-state index in [9.17, 15) is 4.79 Å². The Bertz CT molecular complexity index is 681. The number of unbranched alkanes of at least 4 members (excludes halogenated alkanes) is 7. The molecule has 0 unspecified atom stereocenters. The maximum Gasteiger partial charge on any atom is 0.513 e. The van der Waals surface area contributed by atoms with Gasteiger partial charge in [0.25, 0.3) is 0 Å². The molecule has 0 atom stereocenters. The summed E-state index contributed by atoms with van der Waals surface area (Å²) in [5.41, 5.74) is 2.50. The Kier molecular flexibility index (Phi) is 11.6. The summed E-state index contributed by atoms with van der Waals surface area (Å²) in [7, 11) is 0. The molecule has 29 heavy (non-hydrogen) atoms. The summed E-state index contributed by atoms with van der Waals surface area (Å²) in [6.07, 6.45) is 12.0. The smallest absolute Gasteiger partial charge is 0.434 e. The van der Waals surface area contributed by atoms with Crippen molar-refractivity contribution in [2.75, 3.05) is 6.61 Å². The summed E-state index contributed by atoms with van der Waals surface area (Å²) >= 11 is 0. The Morgan fingerprint density at radius 3 is 2.14 bits per heavy atom. The van der Waals surface area contributed by atoms with Gasteiger partial charge in [0.2, 0.25) is 0 Å². The Morgan fingerprint density at radius 1 is 0.724 bits per heavy atom. The monoisotopic (exact) mass is 396 g/mol. The summed E-state index contributed by atoms with van der Waals surface area (Å²) in [6, 6.07) is 18.4. The quantitative estimate of drug-likeness (QED) is 0.188. The lowest BCUT2D eigenvalue weighted by Gasteiger charge is -2.10. The Morgan fingerprint density at radius 2 is 1.38 bits per heavy atom. The topological polar surface area (TPSA) is 35.5 Å². The molecule has 0 heterocycles. The molecular formula is C26H36O3. The molecule has 0 radical (unpaired) electrons. The van der Waals surface area contributed by atoms with E-state index in [0.717, 1.165) is 37.7 Å². The van der Waals surface area contributed by atoms with Gasteiger partial charge in [0.15, 0.2) is 0 Å². The third-order valence-electron chi connectivity index (χ3n) is 5.14. The number of ether oxygens (including phenoxy) is 2. The minimum absolute atomic E-state index is 0.434. The van der Waals surface area contributed by atoms with E-state index in [0.29, 0.717) is 12.4 Å². The zero-order valence-corrected chi connectivity index (χ0v) is 17.9. The van der Waals surface area contributed by atoms with Gasteiger partial charge in [-0.2, -0.15) is 0 Å². The molecule has 0 aromatic heterocycles. The molecular weight excluding hydrogens is 360 g/mol. The molecule has 158 valence electrons. The Labute approximate surface area is 176 Å². The highest BCUT2D eigenvalue weighted by Gasteiger charge is 2.09. The molecule has 0 aliphatic rings. The van der Waals surface area contributed by atoms with Crippen molar-refractivity contribution in [2.45, 2.75) is 77.6 Å². The third-order valence-corrected chi connectivity index (χ3v) is 5.14. The van der Waals surface area contributed by atoms with Gasteiger partial charge in [-0.15, -0.1) is 0 Å². The first kappa shape index (κ1) is 23.0. The Balaban J connectivity index is 1.46. The summed E-state index contributed by atoms with van der Waals surface area (Å²) in [4.78, 5) is 11.9. The third kappa shape index (κ3) is 10.2. The molecule has 3 heteroatoms. The summed E-state index contributed by atoms with van der Waals surface area (Å²) < 4.78 is 10.6. The fourth-order valence-corrected chi connectivity index (χ4v) is 3.41. The molecule has 0 N–H and O–H groups in total. The van der Waals surface area contributed by atoms with Crippen molar-refractivity contribution in [1.29, 1.82) is 0 Å². The fourth-order valence-electron chi connectivity index (χ4n) is 3.41. The van der Waals surface area contributed by atoms with Gasteiger partial charge >= 0.3 is 6.16 Å². The van der Waals surface area contributed by atoms with Crippen molar-refractivity contribution < 1.29 is 14.3 Å². The van der Waals surface area contributed by atoms with E-state index < -0.39 is 6.16 Å². The van der Waals surface area contributed by atoms with E-state index in [1.54, 1.807) is 0 Å². The van der Waals surface area contributed by atoms with E-state index >= 15 is 0 Å². The van der Waals surface area contributed by atoms with Crippen LogP contribution in [0.2, 0.25) is 0 Å². The zero-order chi connectivity index (χ0) is 20.6. The second-order valence-electron chi connectivity index (χ2n) is 7.62. The highest BCUT2D eigenvalue weighted by atomic mass is 16.7. The van der Waals surface area contributed by atoms with Crippen molar-refractivity contribution in [3.05, 3.63) is 65.7 Å². The van der Waals surface area contributed by atoms with Gasteiger partial charge < -0.3 is 9.47 Å². The molecule has 0 aliphatic heterocycles. The highest BCUT2D eigenvalue weighted by molar-refractivity contribution is 5.64. The first-order valence-electron chi connectivity index (χ1n) is 11.3. The standard InChI is InChI=1S/C26H36O3/c1-2-3-19-24-20-13-14-21-25(24)29-26(27)28-22-15-8-6-4-5-7-10-16-23-17-11-9-12-18-23/h9,11-14,17-18,20-21H,2-8,10,15-16,19,22H2,1H3. The summed E-state index contributed by atoms with van der Waals surface area (Å²) in [6.45, 7) is 2.59. The largest absolute Gasteiger partial charge is 0.513 e. The van der Waals surface area contributed by atoms with Crippen molar-refractivity contribution in [3.8, 4) is 5.75 Å². The molecule has 0 saturated heterocycles. The normalized spacial score (nSPS) is 10.7. The fraction of sp³-hybridized carbons (Fsp3) is 0.500. The van der Waals surface area contributed by atoms with E-state index in [1.165, 1.54) is 44.1 Å². The molecule has 2 aromatic rings. The maximum absolute atomic E-state index is 11.9. The van der Waals surface area contributed by atoms with E-state index in [2.05, 4.69) is 37.3 Å². The lowest BCUT2D eigenvalue weighted by Crippen LogP contribution is -2.12. The van der Waals surface area contributed by atoms with Gasteiger partial charge in [-0.05, 0) is 49.3 Å². The number of para-hydroxylation sites is 1. The number of benzene rings is 2. The van der Waals surface area contributed by atoms with Gasteiger partial charge in [0.1, 0.15) is 5.75 Å². The molecule has 2 aromatic carbocycles. The van der Waals surface area contributed by atoms with Crippen LogP contribution in [0.25, 0.3) is 0 Å². The minimum Gasteiger partial charge on any atom is -0.434 e. The van der Waals surface area contributed by atoms with Crippen LogP contribution in [-0.2, 0) is 17.6 Å². The zero-order valence-electron chi connectivity index (χ0n) is 17.9. The van der Waals surface area contributed by atoms with E-state index in [4.69, 9.17) is 9.47 Å². The molecule has 0 aliphatic carbocycles.